The largest absolute Gasteiger partial charge is 0.502 e. The van der Waals surface area contributed by atoms with E-state index in [0.717, 1.165) is 18.3 Å². The number of carbonyl (C=O) groups is 2. The van der Waals surface area contributed by atoms with E-state index in [1.54, 1.807) is 12.1 Å². The fraction of sp³-hybridized carbons (Fsp3) is 0. The number of hydrazone groups is 1. The number of nitrogens with zero attached hydrogens (tertiary/aromatic N) is 3. The van der Waals surface area contributed by atoms with E-state index in [1.807, 2.05) is 0 Å². The highest BCUT2D eigenvalue weighted by atomic mass is 16.6. The normalized spacial score (nSPS) is 13.7. The molecular formula is C15H9N3O5. The molecular weight excluding hydrogens is 302 g/mol. The molecule has 3 rings (SSSR count). The van der Waals surface area contributed by atoms with E-state index in [4.69, 9.17) is 0 Å². The first-order valence-corrected chi connectivity index (χ1v) is 6.48. The number of benzene rings is 2. The Bertz CT molecular complexity index is 840. The predicted octanol–water partition coefficient (Wildman–Crippen LogP) is 1.93. The Balaban J connectivity index is 1.90. The Labute approximate surface area is 129 Å². The van der Waals surface area contributed by atoms with E-state index in [0.29, 0.717) is 5.01 Å². The third-order valence-corrected chi connectivity index (χ3v) is 3.29. The van der Waals surface area contributed by atoms with Crippen molar-refractivity contribution < 1.29 is 19.6 Å². The van der Waals surface area contributed by atoms with E-state index in [1.165, 1.54) is 18.2 Å². The Morgan fingerprint density at radius 1 is 1.09 bits per heavy atom. The Morgan fingerprint density at radius 2 is 1.70 bits per heavy atom. The van der Waals surface area contributed by atoms with Gasteiger partial charge < -0.3 is 5.11 Å². The summed E-state index contributed by atoms with van der Waals surface area (Å²) >= 11 is 0. The molecule has 1 aliphatic heterocycles. The molecule has 2 aromatic rings. The molecule has 0 aliphatic carbocycles. The van der Waals surface area contributed by atoms with Crippen LogP contribution in [-0.2, 0) is 0 Å². The second-order valence-electron chi connectivity index (χ2n) is 4.72. The van der Waals surface area contributed by atoms with Crippen molar-refractivity contribution in [2.45, 2.75) is 0 Å². The maximum absolute atomic E-state index is 12.1. The molecule has 0 fully saturated rings. The third-order valence-electron chi connectivity index (χ3n) is 3.29. The topological polar surface area (TPSA) is 113 Å². The average molecular weight is 311 g/mol. The zero-order valence-electron chi connectivity index (χ0n) is 11.5. The van der Waals surface area contributed by atoms with E-state index in [2.05, 4.69) is 5.10 Å². The summed E-state index contributed by atoms with van der Waals surface area (Å²) in [5.41, 5.74) is 0.292. The van der Waals surface area contributed by atoms with E-state index in [-0.39, 0.29) is 16.7 Å². The van der Waals surface area contributed by atoms with Gasteiger partial charge in [-0.2, -0.15) is 10.1 Å². The molecule has 0 aromatic heterocycles. The first kappa shape index (κ1) is 14.4. The summed E-state index contributed by atoms with van der Waals surface area (Å²) < 4.78 is 0. The number of rotatable bonds is 3. The number of amides is 2. The molecule has 2 amide bonds. The van der Waals surface area contributed by atoms with Crippen molar-refractivity contribution in [3.63, 3.8) is 0 Å². The second-order valence-corrected chi connectivity index (χ2v) is 4.72. The van der Waals surface area contributed by atoms with Gasteiger partial charge in [0.1, 0.15) is 0 Å². The Morgan fingerprint density at radius 3 is 2.26 bits per heavy atom. The van der Waals surface area contributed by atoms with Gasteiger partial charge in [0.15, 0.2) is 5.75 Å². The van der Waals surface area contributed by atoms with Gasteiger partial charge in [-0.25, -0.2) is 0 Å². The van der Waals surface area contributed by atoms with Gasteiger partial charge in [-0.05, 0) is 24.3 Å². The maximum Gasteiger partial charge on any atom is 0.311 e. The van der Waals surface area contributed by atoms with Crippen LogP contribution in [0.1, 0.15) is 26.3 Å². The molecule has 0 atom stereocenters. The Kier molecular flexibility index (Phi) is 3.34. The van der Waals surface area contributed by atoms with Crippen molar-refractivity contribution in [1.82, 2.24) is 5.01 Å². The van der Waals surface area contributed by atoms with Crippen molar-refractivity contribution in [1.29, 1.82) is 0 Å². The molecule has 0 bridgehead atoms. The first-order valence-electron chi connectivity index (χ1n) is 6.48. The summed E-state index contributed by atoms with van der Waals surface area (Å²) in [5, 5.41) is 24.7. The van der Waals surface area contributed by atoms with Gasteiger partial charge >= 0.3 is 5.69 Å². The molecule has 8 heteroatoms. The van der Waals surface area contributed by atoms with Crippen LogP contribution in [0.4, 0.5) is 5.69 Å². The quantitative estimate of drug-likeness (QED) is 0.403. The highest BCUT2D eigenvalue weighted by Gasteiger charge is 2.35. The summed E-state index contributed by atoms with van der Waals surface area (Å²) in [6.07, 6.45) is 1.15. The van der Waals surface area contributed by atoms with Gasteiger partial charge in [-0.15, -0.1) is 0 Å². The summed E-state index contributed by atoms with van der Waals surface area (Å²) in [6.45, 7) is 0. The number of phenols is 1. The molecule has 1 aliphatic rings. The molecule has 0 saturated carbocycles. The molecule has 0 saturated heterocycles. The van der Waals surface area contributed by atoms with Crippen LogP contribution in [0.3, 0.4) is 0 Å². The molecule has 8 nitrogen and oxygen atoms in total. The predicted molar refractivity (Wildman–Crippen MR) is 79.3 cm³/mol. The number of fused-ring (bicyclic) bond motifs is 1. The summed E-state index contributed by atoms with van der Waals surface area (Å²) in [4.78, 5) is 34.2. The minimum atomic E-state index is -0.741. The molecule has 114 valence electrons. The van der Waals surface area contributed by atoms with Crippen LogP contribution in [-0.4, -0.2) is 33.1 Å². The lowest BCUT2D eigenvalue weighted by Crippen LogP contribution is -2.23. The third kappa shape index (κ3) is 2.42. The monoisotopic (exact) mass is 311 g/mol. The number of hydrogen-bond acceptors (Lipinski definition) is 6. The summed E-state index contributed by atoms with van der Waals surface area (Å²) in [7, 11) is 0. The number of nitro groups is 1. The number of aromatic hydroxyl groups is 1. The zero-order valence-corrected chi connectivity index (χ0v) is 11.5. The van der Waals surface area contributed by atoms with E-state index >= 15 is 0 Å². The van der Waals surface area contributed by atoms with Crippen molar-refractivity contribution in [2.75, 3.05) is 0 Å². The van der Waals surface area contributed by atoms with Crippen LogP contribution in [0.15, 0.2) is 47.6 Å². The van der Waals surface area contributed by atoms with Crippen LogP contribution in [0, 0.1) is 10.1 Å². The van der Waals surface area contributed by atoms with E-state index in [9.17, 15) is 24.8 Å². The summed E-state index contributed by atoms with van der Waals surface area (Å²) in [6, 6.07) is 9.94. The number of nitro benzene ring substituents is 1. The van der Waals surface area contributed by atoms with Crippen LogP contribution >= 0.6 is 0 Å². The van der Waals surface area contributed by atoms with Crippen LogP contribution < -0.4 is 0 Å². The molecule has 2 aromatic carbocycles. The fourth-order valence-corrected chi connectivity index (χ4v) is 2.17. The molecule has 0 radical (unpaired) electrons. The SMILES string of the molecule is O=C1c2ccccc2C(=O)N1/N=C/c1ccc(O)c([N+](=O)[O-])c1. The van der Waals surface area contributed by atoms with Crippen molar-refractivity contribution in [2.24, 2.45) is 5.10 Å². The fourth-order valence-electron chi connectivity index (χ4n) is 2.17. The number of imide groups is 1. The molecule has 0 spiro atoms. The van der Waals surface area contributed by atoms with Crippen molar-refractivity contribution in [3.05, 3.63) is 69.3 Å². The lowest BCUT2D eigenvalue weighted by Gasteiger charge is -2.05. The Hall–Kier alpha value is -3.55. The molecule has 0 unspecified atom stereocenters. The average Bonchev–Trinajstić information content (AvgIpc) is 2.78. The van der Waals surface area contributed by atoms with Crippen LogP contribution in [0.2, 0.25) is 0 Å². The highest BCUT2D eigenvalue weighted by molar-refractivity contribution is 6.21. The van der Waals surface area contributed by atoms with Crippen molar-refractivity contribution >= 4 is 23.7 Å². The van der Waals surface area contributed by atoms with Gasteiger partial charge in [0.25, 0.3) is 11.8 Å². The molecule has 1 heterocycles. The minimum absolute atomic E-state index is 0.256. The number of hydrogen-bond donors (Lipinski definition) is 1. The highest BCUT2D eigenvalue weighted by Crippen LogP contribution is 2.26. The number of carbonyl (C=O) groups excluding carboxylic acids is 2. The second kappa shape index (κ2) is 5.34. The first-order chi connectivity index (χ1) is 11.0. The zero-order chi connectivity index (χ0) is 16.6. The van der Waals surface area contributed by atoms with Crippen molar-refractivity contribution in [3.8, 4) is 5.75 Å². The summed E-state index contributed by atoms with van der Waals surface area (Å²) in [5.74, 6) is -1.60. The lowest BCUT2D eigenvalue weighted by atomic mass is 10.1. The van der Waals surface area contributed by atoms with E-state index < -0.39 is 28.2 Å². The van der Waals surface area contributed by atoms with Gasteiger partial charge in [0.2, 0.25) is 0 Å². The lowest BCUT2D eigenvalue weighted by molar-refractivity contribution is -0.385. The minimum Gasteiger partial charge on any atom is -0.502 e. The van der Waals surface area contributed by atoms with Gasteiger partial charge in [-0.1, -0.05) is 12.1 Å². The van der Waals surface area contributed by atoms with Gasteiger partial charge in [0, 0.05) is 11.6 Å². The molecule has 23 heavy (non-hydrogen) atoms. The van der Waals surface area contributed by atoms with Crippen LogP contribution in [0.5, 0.6) is 5.75 Å². The van der Waals surface area contributed by atoms with Crippen LogP contribution in [0.25, 0.3) is 0 Å². The maximum atomic E-state index is 12.1. The smallest absolute Gasteiger partial charge is 0.311 e. The van der Waals surface area contributed by atoms with Gasteiger partial charge in [-0.3, -0.25) is 19.7 Å². The molecule has 1 N–H and O–H groups in total. The van der Waals surface area contributed by atoms with Gasteiger partial charge in [0.05, 0.1) is 22.3 Å². The number of phenolic OH excluding ortho intramolecular Hbond substituents is 1. The standard InChI is InChI=1S/C15H9N3O5/c19-13-6-5-9(7-12(13)18(22)23)8-16-17-14(20)10-3-1-2-4-11(10)15(17)21/h1-8,19H/b16-8+.